The fraction of sp³-hybridized carbons (Fsp3) is 0.200. The van der Waals surface area contributed by atoms with Gasteiger partial charge in [-0.2, -0.15) is 0 Å². The van der Waals surface area contributed by atoms with Crippen molar-refractivity contribution in [2.75, 3.05) is 0 Å². The third kappa shape index (κ3) is 3.29. The second-order valence-electron chi connectivity index (χ2n) is 4.35. The minimum absolute atomic E-state index is 0.0375. The van der Waals surface area contributed by atoms with E-state index in [-0.39, 0.29) is 18.5 Å². The molecule has 0 aliphatic heterocycles. The Labute approximate surface area is 110 Å². The summed E-state index contributed by atoms with van der Waals surface area (Å²) in [6, 6.07) is 10.2. The molecule has 0 saturated heterocycles. The maximum atomic E-state index is 13.5. The molecule has 19 heavy (non-hydrogen) atoms. The third-order valence-corrected chi connectivity index (χ3v) is 2.81. The summed E-state index contributed by atoms with van der Waals surface area (Å²) in [5, 5.41) is 0. The van der Waals surface area contributed by atoms with Gasteiger partial charge in [0.2, 0.25) is 0 Å². The van der Waals surface area contributed by atoms with Crippen LogP contribution in [-0.2, 0) is 6.61 Å². The van der Waals surface area contributed by atoms with Gasteiger partial charge in [0.25, 0.3) is 0 Å². The van der Waals surface area contributed by atoms with E-state index in [9.17, 15) is 8.78 Å². The lowest BCUT2D eigenvalue weighted by Crippen LogP contribution is -2.08. The smallest absolute Gasteiger partial charge is 0.129 e. The van der Waals surface area contributed by atoms with Crippen LogP contribution < -0.4 is 10.5 Å². The van der Waals surface area contributed by atoms with E-state index in [2.05, 4.69) is 0 Å². The molecule has 100 valence electrons. The third-order valence-electron chi connectivity index (χ3n) is 2.81. The lowest BCUT2D eigenvalue weighted by Gasteiger charge is -2.14. The number of hydrogen-bond donors (Lipinski definition) is 1. The molecule has 0 aromatic heterocycles. The zero-order valence-electron chi connectivity index (χ0n) is 10.6. The van der Waals surface area contributed by atoms with Gasteiger partial charge < -0.3 is 10.5 Å². The van der Waals surface area contributed by atoms with Crippen LogP contribution in [0.4, 0.5) is 8.78 Å². The van der Waals surface area contributed by atoms with E-state index in [1.165, 1.54) is 18.2 Å². The summed E-state index contributed by atoms with van der Waals surface area (Å²) < 4.78 is 32.2. The maximum Gasteiger partial charge on any atom is 0.129 e. The number of benzene rings is 2. The van der Waals surface area contributed by atoms with Crippen LogP contribution in [0.15, 0.2) is 42.5 Å². The van der Waals surface area contributed by atoms with Gasteiger partial charge >= 0.3 is 0 Å². The molecule has 0 fully saturated rings. The molecule has 0 bridgehead atoms. The van der Waals surface area contributed by atoms with E-state index in [0.717, 1.165) is 0 Å². The standard InChI is InChI=1S/C15H15F2NO/c1-10(18)13-7-6-12(16)8-15(13)19-9-11-4-2-3-5-14(11)17/h2-8,10H,9,18H2,1H3. The SMILES string of the molecule is CC(N)c1ccc(F)cc1OCc1ccccc1F. The van der Waals surface area contributed by atoms with Gasteiger partial charge in [0.1, 0.15) is 24.0 Å². The molecule has 2 aromatic carbocycles. The molecule has 2 nitrogen and oxygen atoms in total. The first kappa shape index (κ1) is 13.5. The lowest BCUT2D eigenvalue weighted by molar-refractivity contribution is 0.294. The molecule has 1 unspecified atom stereocenters. The van der Waals surface area contributed by atoms with Crippen LogP contribution in [0.5, 0.6) is 5.75 Å². The predicted molar refractivity (Wildman–Crippen MR) is 69.7 cm³/mol. The summed E-state index contributed by atoms with van der Waals surface area (Å²) in [5.41, 5.74) is 6.90. The molecular formula is C15H15F2NO. The first-order chi connectivity index (χ1) is 9.08. The second-order valence-corrected chi connectivity index (χ2v) is 4.35. The second kappa shape index (κ2) is 5.80. The summed E-state index contributed by atoms with van der Waals surface area (Å²) in [7, 11) is 0. The molecule has 0 amide bonds. The van der Waals surface area contributed by atoms with Crippen molar-refractivity contribution in [3.8, 4) is 5.75 Å². The first-order valence-electron chi connectivity index (χ1n) is 5.99. The molecule has 4 heteroatoms. The zero-order chi connectivity index (χ0) is 13.8. The molecule has 2 N–H and O–H groups in total. The van der Waals surface area contributed by atoms with Gasteiger partial charge in [0, 0.05) is 23.2 Å². The average molecular weight is 263 g/mol. The molecule has 0 saturated carbocycles. The van der Waals surface area contributed by atoms with Crippen molar-refractivity contribution >= 4 is 0 Å². The maximum absolute atomic E-state index is 13.5. The molecule has 1 atom stereocenters. The Balaban J connectivity index is 2.19. The molecule has 2 aromatic rings. The molecular weight excluding hydrogens is 248 g/mol. The van der Waals surface area contributed by atoms with Gasteiger partial charge in [0.05, 0.1) is 0 Å². The minimum Gasteiger partial charge on any atom is -0.488 e. The zero-order valence-corrected chi connectivity index (χ0v) is 10.6. The van der Waals surface area contributed by atoms with Crippen molar-refractivity contribution < 1.29 is 13.5 Å². The Morgan fingerprint density at radius 2 is 1.89 bits per heavy atom. The van der Waals surface area contributed by atoms with Crippen LogP contribution >= 0.6 is 0 Å². The van der Waals surface area contributed by atoms with Crippen LogP contribution in [0.1, 0.15) is 24.1 Å². The summed E-state index contributed by atoms with van der Waals surface area (Å²) in [5.74, 6) is -0.410. The predicted octanol–water partition coefficient (Wildman–Crippen LogP) is 3.56. The van der Waals surface area contributed by atoms with Gasteiger partial charge in [-0.25, -0.2) is 8.78 Å². The Hall–Kier alpha value is -1.94. The van der Waals surface area contributed by atoms with Crippen molar-refractivity contribution in [1.82, 2.24) is 0 Å². The summed E-state index contributed by atoms with van der Waals surface area (Å²) in [6.45, 7) is 1.82. The van der Waals surface area contributed by atoms with Crippen LogP contribution in [0.2, 0.25) is 0 Å². The fourth-order valence-corrected chi connectivity index (χ4v) is 1.78. The van der Waals surface area contributed by atoms with Crippen molar-refractivity contribution in [2.45, 2.75) is 19.6 Å². The highest BCUT2D eigenvalue weighted by molar-refractivity contribution is 5.36. The van der Waals surface area contributed by atoms with E-state index >= 15 is 0 Å². The van der Waals surface area contributed by atoms with Crippen LogP contribution in [-0.4, -0.2) is 0 Å². The molecule has 0 aliphatic carbocycles. The number of rotatable bonds is 4. The van der Waals surface area contributed by atoms with Crippen LogP contribution in [0, 0.1) is 11.6 Å². The Morgan fingerprint density at radius 1 is 1.16 bits per heavy atom. The fourth-order valence-electron chi connectivity index (χ4n) is 1.78. The molecule has 0 aliphatic rings. The minimum atomic E-state index is -0.409. The average Bonchev–Trinajstić information content (AvgIpc) is 2.37. The normalized spacial score (nSPS) is 12.2. The number of hydrogen-bond acceptors (Lipinski definition) is 2. The summed E-state index contributed by atoms with van der Waals surface area (Å²) in [6.07, 6.45) is 0. The van der Waals surface area contributed by atoms with E-state index in [1.807, 2.05) is 0 Å². The van der Waals surface area contributed by atoms with Gasteiger partial charge in [-0.3, -0.25) is 0 Å². The highest BCUT2D eigenvalue weighted by atomic mass is 19.1. The lowest BCUT2D eigenvalue weighted by atomic mass is 10.1. The molecule has 0 spiro atoms. The van der Waals surface area contributed by atoms with Gasteiger partial charge in [-0.1, -0.05) is 24.3 Å². The van der Waals surface area contributed by atoms with Crippen LogP contribution in [0.25, 0.3) is 0 Å². The summed E-state index contributed by atoms with van der Waals surface area (Å²) in [4.78, 5) is 0. The van der Waals surface area contributed by atoms with Crippen molar-refractivity contribution in [3.63, 3.8) is 0 Å². The topological polar surface area (TPSA) is 35.2 Å². The Bertz CT molecular complexity index is 570. The monoisotopic (exact) mass is 263 g/mol. The van der Waals surface area contributed by atoms with Gasteiger partial charge in [-0.05, 0) is 19.1 Å². The molecule has 2 rings (SSSR count). The number of nitrogens with two attached hydrogens (primary N) is 1. The van der Waals surface area contributed by atoms with E-state index < -0.39 is 5.82 Å². The van der Waals surface area contributed by atoms with Crippen molar-refractivity contribution in [2.24, 2.45) is 5.73 Å². The van der Waals surface area contributed by atoms with E-state index in [1.54, 1.807) is 31.2 Å². The Morgan fingerprint density at radius 3 is 2.58 bits per heavy atom. The van der Waals surface area contributed by atoms with Crippen LogP contribution in [0.3, 0.4) is 0 Å². The number of ether oxygens (including phenoxy) is 1. The highest BCUT2D eigenvalue weighted by Gasteiger charge is 2.10. The van der Waals surface area contributed by atoms with Crippen molar-refractivity contribution in [3.05, 3.63) is 65.2 Å². The van der Waals surface area contributed by atoms with Gasteiger partial charge in [0.15, 0.2) is 0 Å². The highest BCUT2D eigenvalue weighted by Crippen LogP contribution is 2.25. The largest absolute Gasteiger partial charge is 0.488 e. The summed E-state index contributed by atoms with van der Waals surface area (Å²) >= 11 is 0. The quantitative estimate of drug-likeness (QED) is 0.915. The Kier molecular flexibility index (Phi) is 4.12. The van der Waals surface area contributed by atoms with Gasteiger partial charge in [-0.15, -0.1) is 0 Å². The molecule has 0 radical (unpaired) electrons. The van der Waals surface area contributed by atoms with E-state index in [0.29, 0.717) is 16.9 Å². The number of halogens is 2. The molecule has 0 heterocycles. The van der Waals surface area contributed by atoms with Crippen molar-refractivity contribution in [1.29, 1.82) is 0 Å². The first-order valence-corrected chi connectivity index (χ1v) is 5.99. The van der Waals surface area contributed by atoms with E-state index in [4.69, 9.17) is 10.5 Å².